The molecule has 2 aliphatic heterocycles. The maximum atomic E-state index is 12.0. The number of hydrogen-bond acceptors (Lipinski definition) is 7. The molecule has 3 N–H and O–H groups in total. The molecule has 1 saturated heterocycles. The van der Waals surface area contributed by atoms with Crippen molar-refractivity contribution < 1.29 is 80.7 Å². The number of carbonyl (C=O) groups is 3. The molecule has 0 radical (unpaired) electrons. The van der Waals surface area contributed by atoms with Crippen molar-refractivity contribution in [1.29, 1.82) is 0 Å². The van der Waals surface area contributed by atoms with Crippen LogP contribution in [0.15, 0.2) is 35.1 Å². The molecule has 126 valence electrons. The fourth-order valence-corrected chi connectivity index (χ4v) is 4.07. The minimum atomic E-state index is -1.54. The summed E-state index contributed by atoms with van der Waals surface area (Å²) in [5.74, 6) is -3.02. The van der Waals surface area contributed by atoms with Gasteiger partial charge in [0.1, 0.15) is 16.8 Å². The average molecular weight is 388 g/mol. The van der Waals surface area contributed by atoms with E-state index < -0.39 is 35.2 Å². The number of aliphatic hydroxyl groups excluding tert-OH is 1. The fourth-order valence-electron chi connectivity index (χ4n) is 2.61. The van der Waals surface area contributed by atoms with Gasteiger partial charge in [-0.05, 0) is 31.2 Å². The van der Waals surface area contributed by atoms with Crippen LogP contribution >= 0.6 is 11.8 Å². The van der Waals surface area contributed by atoms with Crippen molar-refractivity contribution in [2.75, 3.05) is 0 Å². The van der Waals surface area contributed by atoms with Crippen molar-refractivity contribution >= 4 is 29.5 Å². The van der Waals surface area contributed by atoms with Gasteiger partial charge in [0.25, 0.3) is 0 Å². The van der Waals surface area contributed by atoms with E-state index in [0.29, 0.717) is 0 Å². The summed E-state index contributed by atoms with van der Waals surface area (Å²) in [6, 6.07) is 5.80. The van der Waals surface area contributed by atoms with Crippen LogP contribution in [0.1, 0.15) is 17.3 Å². The number of nitrogens with zero attached hydrogens (tertiary/aromatic N) is 1. The standard InChI is InChI=1S/C15H14N2O6S.K/c1-6(18)9-12(20)17-10(14(21)22)15(24-13(9)17)23-8-4-2-7(3-5-8)11(16)19;/h2-6,9,13,18H,1H3,(H2,16,19)(H,21,22);/q;+1/p-1/t6-,9+,13-;/m1./s1. The Balaban J connectivity index is 0.00000225. The van der Waals surface area contributed by atoms with Gasteiger partial charge in [0.05, 0.1) is 18.0 Å². The van der Waals surface area contributed by atoms with Gasteiger partial charge < -0.3 is 25.5 Å². The number of ether oxygens (including phenoxy) is 1. The van der Waals surface area contributed by atoms with Crippen molar-refractivity contribution in [2.45, 2.75) is 18.4 Å². The van der Waals surface area contributed by atoms with Crippen LogP contribution in [0.3, 0.4) is 0 Å². The average Bonchev–Trinajstić information content (AvgIpc) is 2.81. The third-order valence-corrected chi connectivity index (χ3v) is 5.05. The third kappa shape index (κ3) is 3.65. The molecular formula is C15H13KN2O6S. The Labute approximate surface area is 189 Å². The first kappa shape index (κ1) is 20.4. The molecule has 8 nitrogen and oxygen atoms in total. The molecule has 25 heavy (non-hydrogen) atoms. The number of amides is 2. The molecule has 0 spiro atoms. The van der Waals surface area contributed by atoms with E-state index in [2.05, 4.69) is 0 Å². The second-order valence-electron chi connectivity index (χ2n) is 5.40. The van der Waals surface area contributed by atoms with Crippen LogP contribution in [-0.2, 0) is 9.59 Å². The molecule has 3 rings (SSSR count). The van der Waals surface area contributed by atoms with Crippen LogP contribution < -0.4 is 67.0 Å². The number of β-lactam (4-membered cyclic amide) rings is 1. The number of benzene rings is 1. The SMILES string of the molecule is C[C@@H](O)[C@H]1C(=O)N2C(C(=O)[O-])=C(Oc3ccc(C(N)=O)cc3)S[C@H]12.[K+]. The Bertz CT molecular complexity index is 764. The molecule has 2 heterocycles. The Morgan fingerprint density at radius 3 is 2.44 bits per heavy atom. The Hall–Kier alpha value is -0.884. The first-order chi connectivity index (χ1) is 11.3. The van der Waals surface area contributed by atoms with Crippen LogP contribution in [0.5, 0.6) is 5.75 Å². The molecular weight excluding hydrogens is 375 g/mol. The molecule has 0 saturated carbocycles. The first-order valence-corrected chi connectivity index (χ1v) is 7.90. The van der Waals surface area contributed by atoms with Crippen molar-refractivity contribution in [1.82, 2.24) is 4.90 Å². The number of hydrogen-bond donors (Lipinski definition) is 2. The van der Waals surface area contributed by atoms with Crippen LogP contribution in [0.25, 0.3) is 0 Å². The zero-order valence-electron chi connectivity index (χ0n) is 13.5. The van der Waals surface area contributed by atoms with Crippen LogP contribution in [0.4, 0.5) is 0 Å². The van der Waals surface area contributed by atoms with Crippen LogP contribution in [0, 0.1) is 5.92 Å². The summed E-state index contributed by atoms with van der Waals surface area (Å²) in [5, 5.41) is 20.5. The third-order valence-electron chi connectivity index (χ3n) is 3.81. The van der Waals surface area contributed by atoms with Crippen molar-refractivity contribution in [3.8, 4) is 5.75 Å². The molecule has 1 aromatic rings. The zero-order chi connectivity index (χ0) is 17.6. The summed E-state index contributed by atoms with van der Waals surface area (Å²) >= 11 is 1.03. The molecule has 2 aliphatic rings. The monoisotopic (exact) mass is 388 g/mol. The van der Waals surface area contributed by atoms with E-state index in [1.54, 1.807) is 0 Å². The summed E-state index contributed by atoms with van der Waals surface area (Å²) < 4.78 is 5.54. The number of fused-ring (bicyclic) bond motifs is 1. The van der Waals surface area contributed by atoms with Crippen molar-refractivity contribution in [2.24, 2.45) is 11.7 Å². The molecule has 3 atom stereocenters. The molecule has 1 fully saturated rings. The van der Waals surface area contributed by atoms with E-state index in [1.165, 1.54) is 31.2 Å². The predicted molar refractivity (Wildman–Crippen MR) is 81.0 cm³/mol. The van der Waals surface area contributed by atoms with Crippen LogP contribution in [-0.4, -0.2) is 39.3 Å². The number of carboxylic acid groups (broad SMARTS) is 1. The summed E-state index contributed by atoms with van der Waals surface area (Å²) in [6.45, 7) is 1.47. The zero-order valence-corrected chi connectivity index (χ0v) is 17.4. The van der Waals surface area contributed by atoms with Gasteiger partial charge in [-0.15, -0.1) is 0 Å². The topological polar surface area (TPSA) is 133 Å². The first-order valence-electron chi connectivity index (χ1n) is 7.02. The predicted octanol–water partition coefficient (Wildman–Crippen LogP) is -4.00. The molecule has 10 heteroatoms. The number of aliphatic hydroxyl groups is 1. The van der Waals surface area contributed by atoms with E-state index in [0.717, 1.165) is 16.7 Å². The number of thioether (sulfide) groups is 1. The van der Waals surface area contributed by atoms with Gasteiger partial charge in [-0.1, -0.05) is 11.8 Å². The molecule has 2 amide bonds. The molecule has 0 aliphatic carbocycles. The van der Waals surface area contributed by atoms with Gasteiger partial charge >= 0.3 is 51.4 Å². The molecule has 1 aromatic carbocycles. The largest absolute Gasteiger partial charge is 1.00 e. The van der Waals surface area contributed by atoms with Crippen molar-refractivity contribution in [3.63, 3.8) is 0 Å². The van der Waals surface area contributed by atoms with Gasteiger partial charge in [-0.2, -0.15) is 0 Å². The van der Waals surface area contributed by atoms with Gasteiger partial charge in [0.15, 0.2) is 5.09 Å². The second-order valence-corrected chi connectivity index (χ2v) is 6.49. The number of primary amides is 1. The van der Waals surface area contributed by atoms with E-state index in [9.17, 15) is 24.6 Å². The van der Waals surface area contributed by atoms with Gasteiger partial charge in [0, 0.05) is 5.56 Å². The summed E-state index contributed by atoms with van der Waals surface area (Å²) in [6.07, 6.45) is -0.900. The van der Waals surface area contributed by atoms with Crippen LogP contribution in [0.2, 0.25) is 0 Å². The smallest absolute Gasteiger partial charge is 0.543 e. The minimum absolute atomic E-state index is 0. The fraction of sp³-hybridized carbons (Fsp3) is 0.267. The van der Waals surface area contributed by atoms with E-state index in [4.69, 9.17) is 10.5 Å². The van der Waals surface area contributed by atoms with E-state index in [1.807, 2.05) is 0 Å². The van der Waals surface area contributed by atoms with Gasteiger partial charge in [0.2, 0.25) is 11.8 Å². The molecule has 0 aromatic heterocycles. The Kier molecular flexibility index (Phi) is 6.36. The summed E-state index contributed by atoms with van der Waals surface area (Å²) in [4.78, 5) is 35.5. The van der Waals surface area contributed by atoms with E-state index in [-0.39, 0.29) is 73.5 Å². The molecule has 0 unspecified atom stereocenters. The Morgan fingerprint density at radius 1 is 1.36 bits per heavy atom. The van der Waals surface area contributed by atoms with Gasteiger partial charge in [-0.3, -0.25) is 14.5 Å². The second kappa shape index (κ2) is 7.78. The normalized spacial score (nSPS) is 22.6. The maximum Gasteiger partial charge on any atom is 1.00 e. The van der Waals surface area contributed by atoms with Crippen molar-refractivity contribution in [3.05, 3.63) is 40.6 Å². The number of nitrogens with two attached hydrogens (primary N) is 1. The summed E-state index contributed by atoms with van der Waals surface area (Å²) in [7, 11) is 0. The number of carbonyl (C=O) groups excluding carboxylic acids is 3. The molecule has 0 bridgehead atoms. The maximum absolute atomic E-state index is 12.0. The summed E-state index contributed by atoms with van der Waals surface area (Å²) in [5.41, 5.74) is 5.07. The number of rotatable bonds is 5. The van der Waals surface area contributed by atoms with Gasteiger partial charge in [-0.25, -0.2) is 0 Å². The number of aliphatic carboxylic acids is 1. The minimum Gasteiger partial charge on any atom is -0.543 e. The Morgan fingerprint density at radius 2 is 1.96 bits per heavy atom. The number of carboxylic acids is 1. The van der Waals surface area contributed by atoms with E-state index >= 15 is 0 Å². The quantitative estimate of drug-likeness (QED) is 0.388.